The van der Waals surface area contributed by atoms with E-state index in [2.05, 4.69) is 12.1 Å². The third-order valence-corrected chi connectivity index (χ3v) is 5.67. The van der Waals surface area contributed by atoms with Crippen molar-refractivity contribution >= 4 is 23.1 Å². The van der Waals surface area contributed by atoms with E-state index in [9.17, 15) is 8.78 Å². The molecule has 0 saturated heterocycles. The molecule has 108 valence electrons. The lowest BCUT2D eigenvalue weighted by Gasteiger charge is -2.21. The molecule has 0 fully saturated rings. The van der Waals surface area contributed by atoms with Crippen molar-refractivity contribution in [3.05, 3.63) is 51.7 Å². The summed E-state index contributed by atoms with van der Waals surface area (Å²) in [5, 5.41) is 0.0589. The molecule has 0 amide bonds. The molecule has 2 unspecified atom stereocenters. The summed E-state index contributed by atoms with van der Waals surface area (Å²) in [4.78, 5) is 3.09. The SMILES string of the molecule is CCC(N)C(Sc1ccc(F)c(F)c1)c1ccc(C)s1. The fraction of sp³-hybridized carbons (Fsp3) is 0.333. The molecule has 0 saturated carbocycles. The summed E-state index contributed by atoms with van der Waals surface area (Å²) in [6.07, 6.45) is 0.832. The van der Waals surface area contributed by atoms with Crippen molar-refractivity contribution in [1.82, 2.24) is 0 Å². The molecule has 2 rings (SSSR count). The van der Waals surface area contributed by atoms with E-state index >= 15 is 0 Å². The zero-order chi connectivity index (χ0) is 14.7. The Labute approximate surface area is 126 Å². The fourth-order valence-electron chi connectivity index (χ4n) is 1.87. The van der Waals surface area contributed by atoms with Crippen molar-refractivity contribution in [1.29, 1.82) is 0 Å². The summed E-state index contributed by atoms with van der Waals surface area (Å²) in [7, 11) is 0. The van der Waals surface area contributed by atoms with Crippen molar-refractivity contribution in [2.75, 3.05) is 0 Å². The van der Waals surface area contributed by atoms with Gasteiger partial charge in [0.15, 0.2) is 11.6 Å². The number of rotatable bonds is 5. The highest BCUT2D eigenvalue weighted by atomic mass is 32.2. The third-order valence-electron chi connectivity index (χ3n) is 3.06. The van der Waals surface area contributed by atoms with Crippen LogP contribution in [0.5, 0.6) is 0 Å². The minimum absolute atomic E-state index is 0.0221. The van der Waals surface area contributed by atoms with Crippen molar-refractivity contribution in [2.45, 2.75) is 36.5 Å². The van der Waals surface area contributed by atoms with Gasteiger partial charge in [-0.05, 0) is 43.7 Å². The van der Waals surface area contributed by atoms with Gasteiger partial charge in [-0.15, -0.1) is 23.1 Å². The van der Waals surface area contributed by atoms with Crippen molar-refractivity contribution in [3.8, 4) is 0 Å². The number of hydrogen-bond acceptors (Lipinski definition) is 3. The van der Waals surface area contributed by atoms with E-state index in [0.717, 1.165) is 12.5 Å². The molecular formula is C15H17F2NS2. The molecule has 2 N–H and O–H groups in total. The van der Waals surface area contributed by atoms with Gasteiger partial charge in [0.2, 0.25) is 0 Å². The van der Waals surface area contributed by atoms with Crippen LogP contribution in [0.25, 0.3) is 0 Å². The van der Waals surface area contributed by atoms with E-state index < -0.39 is 11.6 Å². The van der Waals surface area contributed by atoms with Gasteiger partial charge in [-0.3, -0.25) is 0 Å². The monoisotopic (exact) mass is 313 g/mol. The Balaban J connectivity index is 2.25. The minimum atomic E-state index is -0.822. The first-order valence-corrected chi connectivity index (χ1v) is 8.14. The molecule has 1 aromatic heterocycles. The van der Waals surface area contributed by atoms with E-state index in [1.807, 2.05) is 13.8 Å². The normalized spacial score (nSPS) is 14.2. The lowest BCUT2D eigenvalue weighted by atomic mass is 10.1. The highest BCUT2D eigenvalue weighted by molar-refractivity contribution is 7.99. The van der Waals surface area contributed by atoms with Crippen LogP contribution in [0.1, 0.15) is 28.3 Å². The fourth-order valence-corrected chi connectivity index (χ4v) is 4.27. The van der Waals surface area contributed by atoms with E-state index in [1.165, 1.54) is 27.6 Å². The average Bonchev–Trinajstić information content (AvgIpc) is 2.85. The zero-order valence-electron chi connectivity index (χ0n) is 11.4. The molecule has 0 bridgehead atoms. The number of benzene rings is 1. The van der Waals surface area contributed by atoms with Gasteiger partial charge in [-0.1, -0.05) is 6.92 Å². The summed E-state index contributed by atoms with van der Waals surface area (Å²) >= 11 is 3.19. The Hall–Kier alpha value is -0.910. The summed E-state index contributed by atoms with van der Waals surface area (Å²) in [6.45, 7) is 4.08. The second-order valence-corrected chi connectivity index (χ2v) is 7.17. The van der Waals surface area contributed by atoms with Crippen LogP contribution in [0.4, 0.5) is 8.78 Å². The Kier molecular flexibility index (Phi) is 5.18. The first kappa shape index (κ1) is 15.5. The van der Waals surface area contributed by atoms with Gasteiger partial charge in [0, 0.05) is 20.7 Å². The molecule has 5 heteroatoms. The predicted octanol–water partition coefficient (Wildman–Crippen LogP) is 4.91. The van der Waals surface area contributed by atoms with Crippen LogP contribution in [0, 0.1) is 18.6 Å². The van der Waals surface area contributed by atoms with Crippen LogP contribution in [-0.2, 0) is 0 Å². The Morgan fingerprint density at radius 3 is 2.50 bits per heavy atom. The Bertz CT molecular complexity index is 583. The van der Waals surface area contributed by atoms with E-state index in [-0.39, 0.29) is 11.3 Å². The second-order valence-electron chi connectivity index (χ2n) is 4.63. The summed E-state index contributed by atoms with van der Waals surface area (Å²) in [5.74, 6) is -1.64. The predicted molar refractivity (Wildman–Crippen MR) is 82.3 cm³/mol. The van der Waals surface area contributed by atoms with Crippen molar-refractivity contribution in [2.24, 2.45) is 5.73 Å². The molecule has 0 aliphatic rings. The maximum Gasteiger partial charge on any atom is 0.159 e. The molecule has 0 radical (unpaired) electrons. The maximum absolute atomic E-state index is 13.3. The molecule has 0 aliphatic heterocycles. The molecule has 20 heavy (non-hydrogen) atoms. The molecule has 2 atom stereocenters. The Morgan fingerprint density at radius 1 is 1.20 bits per heavy atom. The first-order valence-electron chi connectivity index (χ1n) is 6.45. The highest BCUT2D eigenvalue weighted by Gasteiger charge is 2.22. The van der Waals surface area contributed by atoms with Gasteiger partial charge in [0.25, 0.3) is 0 Å². The van der Waals surface area contributed by atoms with Crippen molar-refractivity contribution in [3.63, 3.8) is 0 Å². The van der Waals surface area contributed by atoms with Gasteiger partial charge < -0.3 is 5.73 Å². The van der Waals surface area contributed by atoms with Gasteiger partial charge >= 0.3 is 0 Å². The quantitative estimate of drug-likeness (QED) is 0.794. The smallest absolute Gasteiger partial charge is 0.159 e. The number of nitrogens with two attached hydrogens (primary N) is 1. The lowest BCUT2D eigenvalue weighted by molar-refractivity contribution is 0.506. The van der Waals surface area contributed by atoms with Crippen LogP contribution >= 0.6 is 23.1 Å². The highest BCUT2D eigenvalue weighted by Crippen LogP contribution is 2.41. The molecule has 0 aliphatic carbocycles. The van der Waals surface area contributed by atoms with Crippen LogP contribution in [0.3, 0.4) is 0 Å². The minimum Gasteiger partial charge on any atom is -0.326 e. The van der Waals surface area contributed by atoms with E-state index in [1.54, 1.807) is 17.4 Å². The standard InChI is InChI=1S/C15H17F2NS2/c1-3-13(18)15(14-7-4-9(2)19-14)20-10-5-6-11(16)12(17)8-10/h4-8,13,15H,3,18H2,1-2H3. The van der Waals surface area contributed by atoms with E-state index in [0.29, 0.717) is 4.90 Å². The summed E-state index contributed by atoms with van der Waals surface area (Å²) in [6, 6.07) is 8.08. The van der Waals surface area contributed by atoms with E-state index in [4.69, 9.17) is 5.73 Å². The third kappa shape index (κ3) is 3.59. The number of thiophene rings is 1. The van der Waals surface area contributed by atoms with Crippen LogP contribution in [-0.4, -0.2) is 6.04 Å². The molecule has 0 spiro atoms. The van der Waals surface area contributed by atoms with Gasteiger partial charge in [-0.25, -0.2) is 8.78 Å². The summed E-state index contributed by atoms with van der Waals surface area (Å²) < 4.78 is 26.3. The molecule has 2 aromatic rings. The average molecular weight is 313 g/mol. The van der Waals surface area contributed by atoms with Gasteiger partial charge in [0.05, 0.1) is 5.25 Å². The van der Waals surface area contributed by atoms with Gasteiger partial charge in [-0.2, -0.15) is 0 Å². The summed E-state index contributed by atoms with van der Waals surface area (Å²) in [5.41, 5.74) is 6.19. The number of hydrogen-bond donors (Lipinski definition) is 1. The van der Waals surface area contributed by atoms with Crippen molar-refractivity contribution < 1.29 is 8.78 Å². The zero-order valence-corrected chi connectivity index (χ0v) is 13.0. The van der Waals surface area contributed by atoms with Crippen LogP contribution in [0.2, 0.25) is 0 Å². The number of aryl methyl sites for hydroxylation is 1. The number of halogens is 2. The van der Waals surface area contributed by atoms with Crippen LogP contribution < -0.4 is 5.73 Å². The lowest BCUT2D eigenvalue weighted by Crippen LogP contribution is -2.25. The largest absolute Gasteiger partial charge is 0.326 e. The van der Waals surface area contributed by atoms with Gasteiger partial charge in [0.1, 0.15) is 0 Å². The molecular weight excluding hydrogens is 296 g/mol. The molecule has 1 nitrogen and oxygen atoms in total. The van der Waals surface area contributed by atoms with Crippen LogP contribution in [0.15, 0.2) is 35.2 Å². The molecule has 1 aromatic carbocycles. The first-order chi connectivity index (χ1) is 9.51. The second kappa shape index (κ2) is 6.70. The molecule has 1 heterocycles. The maximum atomic E-state index is 13.3. The number of thioether (sulfide) groups is 1. The topological polar surface area (TPSA) is 26.0 Å². The Morgan fingerprint density at radius 2 is 1.95 bits per heavy atom.